The van der Waals surface area contributed by atoms with E-state index in [1.54, 1.807) is 6.92 Å². The van der Waals surface area contributed by atoms with Gasteiger partial charge in [-0.15, -0.1) is 10.2 Å². The van der Waals surface area contributed by atoms with E-state index in [-0.39, 0.29) is 10.3 Å². The normalized spacial score (nSPS) is 14.0. The summed E-state index contributed by atoms with van der Waals surface area (Å²) in [5.41, 5.74) is 0. The predicted molar refractivity (Wildman–Crippen MR) is 68.2 cm³/mol. The van der Waals surface area contributed by atoms with Crippen LogP contribution in [0.4, 0.5) is 39.5 Å². The Kier molecular flexibility index (Phi) is 5.77. The van der Waals surface area contributed by atoms with E-state index in [9.17, 15) is 44.3 Å². The highest BCUT2D eigenvalue weighted by Gasteiger charge is 2.83. The summed E-state index contributed by atoms with van der Waals surface area (Å²) in [5.74, 6) is -23.8. The Morgan fingerprint density at radius 1 is 1.00 bits per heavy atom. The maximum absolute atomic E-state index is 13.8. The lowest BCUT2D eigenvalue weighted by Crippen LogP contribution is -2.60. The number of carbonyl (C=O) groups excluding carboxylic acids is 1. The van der Waals surface area contributed by atoms with Crippen LogP contribution >= 0.6 is 11.8 Å². The molecule has 1 rings (SSSR count). The summed E-state index contributed by atoms with van der Waals surface area (Å²) in [6.07, 6.45) is -6.94. The zero-order valence-electron chi connectivity index (χ0n) is 12.5. The van der Waals surface area contributed by atoms with Gasteiger partial charge in [0, 0.05) is 7.05 Å². The molecule has 14 heteroatoms. The summed E-state index contributed by atoms with van der Waals surface area (Å²) in [6, 6.07) is 0. The number of nitrogens with zero attached hydrogens (tertiary/aromatic N) is 3. The number of alkyl halides is 9. The van der Waals surface area contributed by atoms with Crippen LogP contribution < -0.4 is 0 Å². The van der Waals surface area contributed by atoms with Gasteiger partial charge in [0.25, 0.3) is 0 Å². The number of thioether (sulfide) groups is 1. The highest BCUT2D eigenvalue weighted by molar-refractivity contribution is 7.99. The average molecular weight is 403 g/mol. The van der Waals surface area contributed by atoms with Crippen molar-refractivity contribution in [2.24, 2.45) is 7.05 Å². The maximum atomic E-state index is 13.8. The number of carbonyl (C=O) groups is 1. The van der Waals surface area contributed by atoms with Crippen molar-refractivity contribution in [3.05, 3.63) is 11.6 Å². The minimum Gasteiger partial charge on any atom is -0.306 e. The molecule has 0 aromatic carbocycles. The molecule has 0 saturated carbocycles. The van der Waals surface area contributed by atoms with Crippen molar-refractivity contribution < 1.29 is 44.3 Å². The van der Waals surface area contributed by atoms with E-state index in [1.165, 1.54) is 0 Å². The van der Waals surface area contributed by atoms with Crippen LogP contribution in [0.5, 0.6) is 0 Å². The largest absolute Gasteiger partial charge is 0.460 e. The van der Waals surface area contributed by atoms with Gasteiger partial charge in [-0.25, -0.2) is 0 Å². The summed E-state index contributed by atoms with van der Waals surface area (Å²) in [7, 11) is 0.578. The first-order valence-corrected chi connectivity index (χ1v) is 7.49. The summed E-state index contributed by atoms with van der Waals surface area (Å²) in [6.45, 7) is 1.65. The van der Waals surface area contributed by atoms with Crippen LogP contribution in [-0.2, 0) is 13.0 Å². The van der Waals surface area contributed by atoms with Gasteiger partial charge in [-0.2, -0.15) is 51.3 Å². The second-order valence-corrected chi connectivity index (χ2v) is 5.96. The fraction of sp³-hybridized carbons (Fsp3) is 0.727. The number of Topliss-reactive ketones (excluding diaryl/α,β-unsaturated/α-hetero) is 1. The molecule has 0 aliphatic heterocycles. The van der Waals surface area contributed by atoms with Crippen molar-refractivity contribution in [1.82, 2.24) is 14.8 Å². The number of halogens is 9. The van der Waals surface area contributed by atoms with E-state index in [4.69, 9.17) is 0 Å². The second kappa shape index (κ2) is 6.68. The highest BCUT2D eigenvalue weighted by Crippen LogP contribution is 2.56. The average Bonchev–Trinajstić information content (AvgIpc) is 2.85. The highest BCUT2D eigenvalue weighted by atomic mass is 32.2. The first-order chi connectivity index (χ1) is 11.1. The molecule has 1 aromatic rings. The van der Waals surface area contributed by atoms with Crippen molar-refractivity contribution in [3.8, 4) is 0 Å². The standard InChI is InChI=1S/C11H10F9N3OS/c1-3-25-4-5(24)6-21-22-7(23(6)2)8(12,13)9(14,15)10(16,17)11(18,19)20/h3-4H2,1-2H3. The number of ketones is 1. The number of aromatic nitrogens is 3. The zero-order valence-corrected chi connectivity index (χ0v) is 13.3. The summed E-state index contributed by atoms with van der Waals surface area (Å²) in [5, 5.41) is 5.43. The van der Waals surface area contributed by atoms with E-state index in [0.29, 0.717) is 12.8 Å². The van der Waals surface area contributed by atoms with Gasteiger partial charge in [-0.05, 0) is 5.75 Å². The van der Waals surface area contributed by atoms with Crippen LogP contribution in [0.15, 0.2) is 0 Å². The Bertz CT molecular complexity index is 641. The van der Waals surface area contributed by atoms with Crippen molar-refractivity contribution in [3.63, 3.8) is 0 Å². The predicted octanol–water partition coefficient (Wildman–Crippen LogP) is 3.68. The van der Waals surface area contributed by atoms with Gasteiger partial charge in [0.05, 0.1) is 5.75 Å². The topological polar surface area (TPSA) is 47.8 Å². The lowest BCUT2D eigenvalue weighted by molar-refractivity contribution is -0.401. The third kappa shape index (κ3) is 3.44. The van der Waals surface area contributed by atoms with Gasteiger partial charge < -0.3 is 4.57 Å². The molecule has 144 valence electrons. The monoisotopic (exact) mass is 403 g/mol. The van der Waals surface area contributed by atoms with Crippen LogP contribution in [0.3, 0.4) is 0 Å². The van der Waals surface area contributed by atoms with Gasteiger partial charge in [-0.1, -0.05) is 6.92 Å². The van der Waals surface area contributed by atoms with Crippen molar-refractivity contribution in [1.29, 1.82) is 0 Å². The van der Waals surface area contributed by atoms with Crippen LogP contribution in [0, 0.1) is 0 Å². The molecule has 0 radical (unpaired) electrons. The summed E-state index contributed by atoms with van der Waals surface area (Å²) < 4.78 is 116. The molecule has 0 fully saturated rings. The molecule has 1 aromatic heterocycles. The van der Waals surface area contributed by atoms with E-state index in [2.05, 4.69) is 10.2 Å². The van der Waals surface area contributed by atoms with Crippen LogP contribution in [0.2, 0.25) is 0 Å². The van der Waals surface area contributed by atoms with Crippen LogP contribution in [0.25, 0.3) is 0 Å². The number of rotatable bonds is 7. The fourth-order valence-corrected chi connectivity index (χ4v) is 2.14. The molecule has 0 aliphatic rings. The van der Waals surface area contributed by atoms with Crippen molar-refractivity contribution in [2.75, 3.05) is 11.5 Å². The first-order valence-electron chi connectivity index (χ1n) is 6.33. The lowest BCUT2D eigenvalue weighted by atomic mass is 10.0. The fourth-order valence-electron chi connectivity index (χ4n) is 1.62. The quantitative estimate of drug-likeness (QED) is 0.515. The lowest BCUT2D eigenvalue weighted by Gasteiger charge is -2.32. The van der Waals surface area contributed by atoms with Gasteiger partial charge in [-0.3, -0.25) is 4.79 Å². The van der Waals surface area contributed by atoms with Crippen molar-refractivity contribution in [2.45, 2.75) is 30.9 Å². The minimum atomic E-state index is -7.04. The van der Waals surface area contributed by atoms with E-state index >= 15 is 0 Å². The van der Waals surface area contributed by atoms with Crippen molar-refractivity contribution >= 4 is 17.5 Å². The molecule has 4 nitrogen and oxygen atoms in total. The molecule has 0 aliphatic carbocycles. The van der Waals surface area contributed by atoms with Gasteiger partial charge >= 0.3 is 23.9 Å². The summed E-state index contributed by atoms with van der Waals surface area (Å²) >= 11 is 1.01. The maximum Gasteiger partial charge on any atom is 0.460 e. The molecular formula is C11H10F9N3OS. The number of hydrogen-bond donors (Lipinski definition) is 0. The third-order valence-electron chi connectivity index (χ3n) is 2.99. The van der Waals surface area contributed by atoms with Crippen LogP contribution in [-0.4, -0.2) is 50.1 Å². The Morgan fingerprint density at radius 3 is 1.96 bits per heavy atom. The SMILES string of the molecule is CCSCC(=O)c1nnc(C(F)(F)C(F)(F)C(F)(F)C(F)(F)F)n1C. The first kappa shape index (κ1) is 21.6. The molecule has 0 spiro atoms. The molecule has 0 saturated heterocycles. The Labute approximate surface area is 138 Å². The number of hydrogen-bond acceptors (Lipinski definition) is 4. The molecule has 25 heavy (non-hydrogen) atoms. The Hall–Kier alpha value is -1.47. The van der Waals surface area contributed by atoms with E-state index in [0.717, 1.165) is 11.8 Å². The zero-order chi connectivity index (χ0) is 19.8. The minimum absolute atomic E-state index is 0.0289. The summed E-state index contributed by atoms with van der Waals surface area (Å²) in [4.78, 5) is 11.7. The van der Waals surface area contributed by atoms with E-state index in [1.807, 2.05) is 0 Å². The molecule has 0 N–H and O–H groups in total. The smallest absolute Gasteiger partial charge is 0.306 e. The second-order valence-electron chi connectivity index (χ2n) is 4.69. The Morgan fingerprint density at radius 2 is 1.52 bits per heavy atom. The molecule has 0 amide bonds. The molecule has 1 heterocycles. The van der Waals surface area contributed by atoms with Gasteiger partial charge in [0.1, 0.15) is 0 Å². The molecule has 0 bridgehead atoms. The van der Waals surface area contributed by atoms with Gasteiger partial charge in [0.15, 0.2) is 0 Å². The molecule has 0 atom stereocenters. The third-order valence-corrected chi connectivity index (χ3v) is 3.86. The molecule has 0 unspecified atom stereocenters. The van der Waals surface area contributed by atoms with Crippen LogP contribution in [0.1, 0.15) is 23.4 Å². The Balaban J connectivity index is 3.36. The van der Waals surface area contributed by atoms with Gasteiger partial charge in [0.2, 0.25) is 17.4 Å². The van der Waals surface area contributed by atoms with E-state index < -0.39 is 41.4 Å². The molecular weight excluding hydrogens is 393 g/mol.